The molecule has 0 bridgehead atoms. The second-order valence-electron chi connectivity index (χ2n) is 16.9. The summed E-state index contributed by atoms with van der Waals surface area (Å²) in [6, 6.07) is -1.49. The van der Waals surface area contributed by atoms with E-state index >= 15 is 0 Å². The van der Waals surface area contributed by atoms with E-state index in [2.05, 4.69) is 148 Å². The Morgan fingerprint density at radius 2 is 0.797 bits per heavy atom. The number of rotatable bonds is 48. The summed E-state index contributed by atoms with van der Waals surface area (Å²) in [6.45, 7) is 3.57. The largest absolute Gasteiger partial charge is 0.480 e. The third kappa shape index (κ3) is 51.8. The molecule has 0 radical (unpaired) electrons. The SMILES string of the molecule is CC/C=C\C/C=C\C/C=C\C/C=C\C/C=C\C/C=C\CCCCCCCOCC(COP(=O)(O)OCC(N)C(=O)O)OC(=O)CCCCCCCCC/C=C\C/C=C\C/C=C\C/C=C\C/C=C\CC. The van der Waals surface area contributed by atoms with Crippen molar-refractivity contribution in [2.24, 2.45) is 5.73 Å². The summed E-state index contributed by atoms with van der Waals surface area (Å²) in [5, 5.41) is 8.94. The van der Waals surface area contributed by atoms with Gasteiger partial charge in [0.15, 0.2) is 0 Å². The molecule has 0 saturated heterocycles. The summed E-state index contributed by atoms with van der Waals surface area (Å²) in [7, 11) is -4.65. The van der Waals surface area contributed by atoms with Gasteiger partial charge in [0.2, 0.25) is 0 Å². The van der Waals surface area contributed by atoms with E-state index in [4.69, 9.17) is 29.4 Å². The number of aliphatic carboxylic acids is 1. The molecule has 10 nitrogen and oxygen atoms in total. The monoisotopic (exact) mass is 980 g/mol. The topological polar surface area (TPSA) is 155 Å². The van der Waals surface area contributed by atoms with Crippen LogP contribution in [0.3, 0.4) is 0 Å². The second kappa shape index (κ2) is 51.9. The average Bonchev–Trinajstić information content (AvgIpc) is 3.33. The highest BCUT2D eigenvalue weighted by molar-refractivity contribution is 7.47. The predicted octanol–water partition coefficient (Wildman–Crippen LogP) is 15.8. The standard InChI is InChI=1S/C58H94NO9P/c1-3-5-7-9-11-13-15-17-19-21-23-25-27-29-31-33-35-37-39-41-43-45-47-49-51-65-52-55(53-66-69(63,64)67-54-56(59)58(61)62)68-57(60)50-48-46-44-42-40-38-36-34-32-30-28-26-24-22-20-18-16-14-12-10-8-6-4-2/h5-8,11-14,17-20,23-26,29-32,35,37,55-56H,3-4,9-10,15-16,21-22,27-28,33-34,36,38-54,59H2,1-2H3,(H,61,62)(H,63,64)/b7-5-,8-6-,13-11-,14-12-,19-17-,20-18-,25-23-,26-24-,31-29-,32-30-,37-35-. The van der Waals surface area contributed by atoms with Crippen molar-refractivity contribution < 1.29 is 42.7 Å². The lowest BCUT2D eigenvalue weighted by atomic mass is 10.1. The Bertz CT molecular complexity index is 1600. The van der Waals surface area contributed by atoms with Crippen LogP contribution in [-0.2, 0) is 32.7 Å². The van der Waals surface area contributed by atoms with E-state index in [0.717, 1.165) is 141 Å². The molecule has 0 saturated carbocycles. The molecule has 11 heteroatoms. The summed E-state index contributed by atoms with van der Waals surface area (Å²) in [4.78, 5) is 33.7. The number of hydrogen-bond acceptors (Lipinski definition) is 8. The first-order valence-electron chi connectivity index (χ1n) is 26.2. The fourth-order valence-electron chi connectivity index (χ4n) is 6.46. The van der Waals surface area contributed by atoms with Crippen molar-refractivity contribution in [3.05, 3.63) is 134 Å². The molecule has 0 aliphatic rings. The number of allylic oxidation sites excluding steroid dienone is 22. The van der Waals surface area contributed by atoms with Gasteiger partial charge >= 0.3 is 19.8 Å². The predicted molar refractivity (Wildman–Crippen MR) is 290 cm³/mol. The van der Waals surface area contributed by atoms with Gasteiger partial charge in [0.25, 0.3) is 0 Å². The smallest absolute Gasteiger partial charge is 0.472 e. The number of nitrogens with two attached hydrogens (primary N) is 1. The zero-order valence-corrected chi connectivity index (χ0v) is 43.7. The van der Waals surface area contributed by atoms with Gasteiger partial charge in [-0.25, -0.2) is 4.57 Å². The van der Waals surface area contributed by atoms with Crippen molar-refractivity contribution in [3.63, 3.8) is 0 Å². The zero-order chi connectivity index (χ0) is 50.4. The van der Waals surface area contributed by atoms with Crippen LogP contribution < -0.4 is 5.73 Å². The first-order valence-corrected chi connectivity index (χ1v) is 27.7. The fourth-order valence-corrected chi connectivity index (χ4v) is 7.23. The van der Waals surface area contributed by atoms with Crippen molar-refractivity contribution in [1.29, 1.82) is 0 Å². The number of esters is 1. The molecule has 0 spiro atoms. The van der Waals surface area contributed by atoms with E-state index in [-0.39, 0.29) is 13.0 Å². The maximum absolute atomic E-state index is 12.7. The van der Waals surface area contributed by atoms with Crippen LogP contribution in [0.4, 0.5) is 0 Å². The lowest BCUT2D eigenvalue weighted by Crippen LogP contribution is -2.34. The number of ether oxygens (including phenoxy) is 2. The Labute approximate surface area is 419 Å². The fraction of sp³-hybridized carbons (Fsp3) is 0.586. The summed E-state index contributed by atoms with van der Waals surface area (Å²) >= 11 is 0. The highest BCUT2D eigenvalue weighted by atomic mass is 31.2. The second-order valence-corrected chi connectivity index (χ2v) is 18.3. The van der Waals surface area contributed by atoms with E-state index in [1.54, 1.807) is 0 Å². The Kier molecular flexibility index (Phi) is 49.0. The first kappa shape index (κ1) is 65.1. The highest BCUT2D eigenvalue weighted by Crippen LogP contribution is 2.43. The van der Waals surface area contributed by atoms with Gasteiger partial charge in [0.1, 0.15) is 12.1 Å². The van der Waals surface area contributed by atoms with Crippen molar-refractivity contribution in [1.82, 2.24) is 0 Å². The number of carboxylic acids is 1. The molecular formula is C58H94NO9P. The van der Waals surface area contributed by atoms with Crippen molar-refractivity contribution in [3.8, 4) is 0 Å². The molecular weight excluding hydrogens is 886 g/mol. The summed E-state index contributed by atoms with van der Waals surface area (Å²) in [6.07, 6.45) is 73.6. The van der Waals surface area contributed by atoms with Gasteiger partial charge in [-0.15, -0.1) is 0 Å². The van der Waals surface area contributed by atoms with Crippen molar-refractivity contribution in [2.75, 3.05) is 26.4 Å². The average molecular weight is 980 g/mol. The van der Waals surface area contributed by atoms with Gasteiger partial charge in [-0.2, -0.15) is 0 Å². The van der Waals surface area contributed by atoms with Gasteiger partial charge in [0.05, 0.1) is 19.8 Å². The van der Waals surface area contributed by atoms with Crippen LogP contribution in [0.15, 0.2) is 134 Å². The van der Waals surface area contributed by atoms with Gasteiger partial charge in [-0.05, 0) is 109 Å². The van der Waals surface area contributed by atoms with Crippen LogP contribution in [0.1, 0.15) is 181 Å². The molecule has 69 heavy (non-hydrogen) atoms. The Morgan fingerprint density at radius 1 is 0.464 bits per heavy atom. The minimum absolute atomic E-state index is 0.0112. The third-order valence-corrected chi connectivity index (χ3v) is 11.4. The third-order valence-electron chi connectivity index (χ3n) is 10.4. The molecule has 0 aromatic heterocycles. The molecule has 0 rings (SSSR count). The van der Waals surface area contributed by atoms with Crippen molar-refractivity contribution >= 4 is 19.8 Å². The van der Waals surface area contributed by atoms with E-state index in [9.17, 15) is 19.0 Å². The number of carboxylic acid groups (broad SMARTS) is 1. The van der Waals surface area contributed by atoms with Crippen LogP contribution in [-0.4, -0.2) is 60.5 Å². The summed E-state index contributed by atoms with van der Waals surface area (Å²) in [5.41, 5.74) is 5.38. The number of phosphoric acid groups is 1. The minimum Gasteiger partial charge on any atom is -0.480 e. The van der Waals surface area contributed by atoms with E-state index in [0.29, 0.717) is 13.0 Å². The maximum Gasteiger partial charge on any atom is 0.472 e. The van der Waals surface area contributed by atoms with Gasteiger partial charge in [-0.1, -0.05) is 199 Å². The molecule has 0 aromatic carbocycles. The number of unbranched alkanes of at least 4 members (excludes halogenated alkanes) is 12. The quantitative estimate of drug-likeness (QED) is 0.0232. The molecule has 3 unspecified atom stereocenters. The normalized spacial score (nSPS) is 14.7. The molecule has 3 atom stereocenters. The van der Waals surface area contributed by atoms with E-state index < -0.39 is 45.1 Å². The number of carbonyl (C=O) groups is 2. The van der Waals surface area contributed by atoms with Crippen LogP contribution in [0.5, 0.6) is 0 Å². The Balaban J connectivity index is 4.25. The number of carbonyl (C=O) groups excluding carboxylic acids is 1. The molecule has 0 aliphatic carbocycles. The van der Waals surface area contributed by atoms with Crippen LogP contribution in [0, 0.1) is 0 Å². The highest BCUT2D eigenvalue weighted by Gasteiger charge is 2.27. The first-order chi connectivity index (χ1) is 33.7. The molecule has 0 aromatic rings. The zero-order valence-electron chi connectivity index (χ0n) is 42.8. The number of hydrogen-bond donors (Lipinski definition) is 3. The van der Waals surface area contributed by atoms with Crippen molar-refractivity contribution in [2.45, 2.75) is 193 Å². The molecule has 390 valence electrons. The Morgan fingerprint density at radius 3 is 1.19 bits per heavy atom. The molecule has 0 aliphatic heterocycles. The minimum atomic E-state index is -4.65. The van der Waals surface area contributed by atoms with Crippen LogP contribution >= 0.6 is 7.82 Å². The number of phosphoric ester groups is 1. The van der Waals surface area contributed by atoms with E-state index in [1.807, 2.05) is 0 Å². The lowest BCUT2D eigenvalue weighted by molar-refractivity contribution is -0.154. The van der Waals surface area contributed by atoms with Crippen LogP contribution in [0.2, 0.25) is 0 Å². The van der Waals surface area contributed by atoms with Gasteiger partial charge < -0.3 is 25.2 Å². The van der Waals surface area contributed by atoms with Crippen LogP contribution in [0.25, 0.3) is 0 Å². The summed E-state index contributed by atoms with van der Waals surface area (Å²) in [5.74, 6) is -1.81. The maximum atomic E-state index is 12.7. The van der Waals surface area contributed by atoms with Gasteiger partial charge in [0, 0.05) is 13.0 Å². The summed E-state index contributed by atoms with van der Waals surface area (Å²) < 4.78 is 33.5. The molecule has 4 N–H and O–H groups in total. The lowest BCUT2D eigenvalue weighted by Gasteiger charge is -2.20. The molecule has 0 fully saturated rings. The Hall–Kier alpha value is -3.89. The van der Waals surface area contributed by atoms with Gasteiger partial charge in [-0.3, -0.25) is 18.6 Å². The van der Waals surface area contributed by atoms with E-state index in [1.165, 1.54) is 12.8 Å². The molecule has 0 heterocycles. The molecule has 0 amide bonds.